The Morgan fingerprint density at radius 3 is 2.04 bits per heavy atom. The summed E-state index contributed by atoms with van der Waals surface area (Å²) in [5.41, 5.74) is -0.0357. The van der Waals surface area contributed by atoms with Crippen LogP contribution in [0, 0.1) is 5.21 Å². The van der Waals surface area contributed by atoms with Crippen molar-refractivity contribution in [2.75, 3.05) is 0 Å². The van der Waals surface area contributed by atoms with Crippen molar-refractivity contribution in [1.82, 2.24) is 0 Å². The van der Waals surface area contributed by atoms with Crippen LogP contribution < -0.4 is 0 Å². The summed E-state index contributed by atoms with van der Waals surface area (Å²) >= 11 is 0. The molecule has 0 atom stereocenters. The van der Waals surface area contributed by atoms with Gasteiger partial charge >= 0.3 is 0 Å². The summed E-state index contributed by atoms with van der Waals surface area (Å²) in [6.07, 6.45) is 0.867. The average molecular weight is 357 g/mol. The molecule has 2 rings (SSSR count). The van der Waals surface area contributed by atoms with Crippen LogP contribution in [0.1, 0.15) is 5.56 Å². The van der Waals surface area contributed by atoms with E-state index in [2.05, 4.69) is 0 Å². The molecule has 2 N–H and O–H groups in total. The first-order valence-corrected chi connectivity index (χ1v) is 8.92. The molecule has 0 aliphatic carbocycles. The predicted octanol–water partition coefficient (Wildman–Crippen LogP) is 1.44. The van der Waals surface area contributed by atoms with Gasteiger partial charge in [0.1, 0.15) is 4.90 Å². The summed E-state index contributed by atoms with van der Waals surface area (Å²) in [5, 5.41) is 12.0. The first kappa shape index (κ1) is 17.1. The molecule has 0 aliphatic heterocycles. The molecule has 0 heterocycles. The Hall–Kier alpha value is -2.27. The lowest BCUT2D eigenvalue weighted by Gasteiger charge is -2.06. The van der Waals surface area contributed by atoms with E-state index in [9.17, 15) is 26.6 Å². The minimum atomic E-state index is -4.82. The molecule has 0 spiro atoms. The fourth-order valence-corrected chi connectivity index (χ4v) is 3.06. The van der Waals surface area contributed by atoms with E-state index in [1.807, 2.05) is 0 Å². The normalized spacial score (nSPS) is 13.0. The van der Waals surface area contributed by atoms with Crippen LogP contribution in [0.3, 0.4) is 0 Å². The van der Waals surface area contributed by atoms with Crippen molar-refractivity contribution in [1.29, 1.82) is 0 Å². The highest BCUT2D eigenvalue weighted by Crippen LogP contribution is 2.20. The van der Waals surface area contributed by atoms with Crippen molar-refractivity contribution in [3.05, 3.63) is 59.3 Å². The smallest absolute Gasteiger partial charge is 0.295 e. The van der Waals surface area contributed by atoms with Gasteiger partial charge in [-0.25, -0.2) is 0 Å². The monoisotopic (exact) mass is 357 g/mol. The van der Waals surface area contributed by atoms with Crippen LogP contribution in [0.2, 0.25) is 0 Å². The van der Waals surface area contributed by atoms with Crippen LogP contribution in [0.4, 0.5) is 5.69 Å². The van der Waals surface area contributed by atoms with Crippen molar-refractivity contribution < 1.29 is 30.7 Å². The second-order valence-electron chi connectivity index (χ2n) is 4.44. The van der Waals surface area contributed by atoms with Crippen molar-refractivity contribution in [2.24, 2.45) is 0 Å². The third kappa shape index (κ3) is 4.13. The minimum Gasteiger partial charge on any atom is -0.618 e. The van der Waals surface area contributed by atoms with Crippen LogP contribution in [-0.4, -0.2) is 36.9 Å². The Labute approximate surface area is 132 Å². The van der Waals surface area contributed by atoms with Crippen LogP contribution in [0.5, 0.6) is 0 Å². The summed E-state index contributed by atoms with van der Waals surface area (Å²) in [6, 6.07) is 10.3. The van der Waals surface area contributed by atoms with Crippen LogP contribution in [0.25, 0.3) is 0 Å². The molecule has 0 saturated heterocycles. The van der Waals surface area contributed by atoms with Gasteiger partial charge in [0.15, 0.2) is 6.21 Å². The van der Waals surface area contributed by atoms with E-state index in [-0.39, 0.29) is 11.3 Å². The number of rotatable bonds is 4. The average Bonchev–Trinajstić information content (AvgIpc) is 2.46. The molecule has 0 unspecified atom stereocenters. The Morgan fingerprint density at radius 2 is 1.52 bits per heavy atom. The maximum Gasteiger partial charge on any atom is 0.295 e. The number of para-hydroxylation sites is 1. The molecule has 0 amide bonds. The quantitative estimate of drug-likeness (QED) is 0.278. The van der Waals surface area contributed by atoms with E-state index in [0.717, 1.165) is 18.3 Å². The maximum absolute atomic E-state index is 12.0. The first-order valence-electron chi connectivity index (χ1n) is 6.04. The van der Waals surface area contributed by atoms with Gasteiger partial charge in [0.2, 0.25) is 5.69 Å². The highest BCUT2D eigenvalue weighted by atomic mass is 32.2. The Morgan fingerprint density at radius 1 is 0.913 bits per heavy atom. The first-order chi connectivity index (χ1) is 10.6. The van der Waals surface area contributed by atoms with E-state index in [0.29, 0.717) is 10.8 Å². The van der Waals surface area contributed by atoms with Crippen molar-refractivity contribution in [3.8, 4) is 0 Å². The molecule has 10 heteroatoms. The van der Waals surface area contributed by atoms with Gasteiger partial charge in [-0.05, 0) is 18.2 Å². The Balaban J connectivity index is 2.64. The second kappa shape index (κ2) is 6.08. The van der Waals surface area contributed by atoms with E-state index in [1.54, 1.807) is 18.2 Å². The third-order valence-electron chi connectivity index (χ3n) is 2.83. The Kier molecular flexibility index (Phi) is 4.52. The molecular formula is C13H11NO7S2. The summed E-state index contributed by atoms with van der Waals surface area (Å²) < 4.78 is 63.4. The zero-order valence-electron chi connectivity index (χ0n) is 11.4. The van der Waals surface area contributed by atoms with Crippen LogP contribution in [-0.2, 0) is 20.2 Å². The van der Waals surface area contributed by atoms with E-state index in [1.165, 1.54) is 12.1 Å². The molecule has 0 radical (unpaired) electrons. The van der Waals surface area contributed by atoms with Crippen molar-refractivity contribution in [3.63, 3.8) is 0 Å². The number of nitrogens with zero attached hydrogens (tertiary/aromatic N) is 1. The molecular weight excluding hydrogens is 346 g/mol. The standard InChI is InChI=1S/C13H11NO7S2/c15-14(11-4-2-1-3-5-11)9-10-6-7-12(22(16,17)18)8-13(10)23(19,20)21/h1-9H,(H,16,17,18)(H,19,20,21). The highest BCUT2D eigenvalue weighted by molar-refractivity contribution is 7.86. The largest absolute Gasteiger partial charge is 0.618 e. The predicted molar refractivity (Wildman–Crippen MR) is 81.0 cm³/mol. The molecule has 122 valence electrons. The second-order valence-corrected chi connectivity index (χ2v) is 7.25. The number of benzene rings is 2. The molecule has 8 nitrogen and oxygen atoms in total. The molecule has 0 aliphatic rings. The topological polar surface area (TPSA) is 135 Å². The van der Waals surface area contributed by atoms with Gasteiger partial charge in [-0.15, -0.1) is 0 Å². The number of hydrogen-bond donors (Lipinski definition) is 2. The van der Waals surface area contributed by atoms with Gasteiger partial charge < -0.3 is 5.21 Å². The van der Waals surface area contributed by atoms with E-state index in [4.69, 9.17) is 4.55 Å². The summed E-state index contributed by atoms with van der Waals surface area (Å²) in [6.45, 7) is 0. The fourth-order valence-electron chi connectivity index (χ4n) is 1.78. The van der Waals surface area contributed by atoms with Crippen LogP contribution in [0.15, 0.2) is 58.3 Å². The van der Waals surface area contributed by atoms with E-state index >= 15 is 0 Å². The van der Waals surface area contributed by atoms with Gasteiger partial charge in [0, 0.05) is 12.1 Å². The summed E-state index contributed by atoms with van der Waals surface area (Å²) in [5.74, 6) is 0. The zero-order chi connectivity index (χ0) is 17.3. The molecule has 2 aromatic carbocycles. The lowest BCUT2D eigenvalue weighted by atomic mass is 10.2. The third-order valence-corrected chi connectivity index (χ3v) is 4.59. The lowest BCUT2D eigenvalue weighted by Crippen LogP contribution is -2.09. The van der Waals surface area contributed by atoms with E-state index < -0.39 is 30.0 Å². The minimum absolute atomic E-state index is 0.202. The zero-order valence-corrected chi connectivity index (χ0v) is 13.0. The van der Waals surface area contributed by atoms with Crippen molar-refractivity contribution >= 4 is 32.1 Å². The van der Waals surface area contributed by atoms with Gasteiger partial charge in [-0.3, -0.25) is 9.11 Å². The highest BCUT2D eigenvalue weighted by Gasteiger charge is 2.21. The molecule has 0 saturated carbocycles. The molecule has 0 bridgehead atoms. The van der Waals surface area contributed by atoms with Gasteiger partial charge in [-0.2, -0.15) is 21.6 Å². The maximum atomic E-state index is 12.0. The van der Waals surface area contributed by atoms with Crippen molar-refractivity contribution in [2.45, 2.75) is 9.79 Å². The summed E-state index contributed by atoms with van der Waals surface area (Å²) in [4.78, 5) is -1.54. The molecule has 0 aromatic heterocycles. The Bertz CT molecular complexity index is 965. The van der Waals surface area contributed by atoms with Crippen LogP contribution >= 0.6 is 0 Å². The molecule has 0 fully saturated rings. The molecule has 2 aromatic rings. The summed E-state index contributed by atoms with van der Waals surface area (Å²) in [7, 11) is -9.48. The van der Waals surface area contributed by atoms with Gasteiger partial charge in [0.25, 0.3) is 20.2 Å². The van der Waals surface area contributed by atoms with Gasteiger partial charge in [-0.1, -0.05) is 18.2 Å². The van der Waals surface area contributed by atoms with Gasteiger partial charge in [0.05, 0.1) is 10.5 Å². The fraction of sp³-hybridized carbons (Fsp3) is 0. The molecule has 23 heavy (non-hydrogen) atoms. The number of hydrogen-bond acceptors (Lipinski definition) is 5. The SMILES string of the molecule is O=S(=O)(O)c1ccc(C=[N+]([O-])c2ccccc2)c(S(=O)(=O)O)c1. The lowest BCUT2D eigenvalue weighted by molar-refractivity contribution is -0.354.